The number of hydrogen-bond donors (Lipinski definition) is 3. The number of carbonyl (C=O) groups excluding carboxylic acids is 4. The number of carbonyl (C=O) groups is 4. The van der Waals surface area contributed by atoms with Gasteiger partial charge in [-0.1, -0.05) is 24.3 Å². The molecule has 1 aromatic rings. The number of allylic oxidation sites excluding steroid dienone is 3. The number of esters is 1. The van der Waals surface area contributed by atoms with Gasteiger partial charge in [-0.15, -0.1) is 0 Å². The summed E-state index contributed by atoms with van der Waals surface area (Å²) >= 11 is 1.21. The molecule has 2 atom stereocenters. The highest BCUT2D eigenvalue weighted by molar-refractivity contribution is 7.17. The van der Waals surface area contributed by atoms with E-state index in [0.29, 0.717) is 46.2 Å². The highest BCUT2D eigenvalue weighted by atomic mass is 32.1. The lowest BCUT2D eigenvalue weighted by Gasteiger charge is -2.26. The zero-order chi connectivity index (χ0) is 31.0. The minimum absolute atomic E-state index is 0.180. The quantitative estimate of drug-likeness (QED) is 0.194. The summed E-state index contributed by atoms with van der Waals surface area (Å²) in [6.45, 7) is 11.0. The van der Waals surface area contributed by atoms with E-state index in [9.17, 15) is 19.2 Å². The van der Waals surface area contributed by atoms with Crippen LogP contribution in [0.2, 0.25) is 0 Å². The van der Waals surface area contributed by atoms with E-state index in [-0.39, 0.29) is 6.10 Å². The van der Waals surface area contributed by atoms with Crippen molar-refractivity contribution in [3.05, 3.63) is 41.1 Å². The molecule has 0 spiro atoms. The molecule has 1 aliphatic carbocycles. The van der Waals surface area contributed by atoms with Gasteiger partial charge in [0.05, 0.1) is 16.0 Å². The standard InChI is InChI=1S/C29H41N5O7S/c1-17(29(4,5)25(36)39-19(3)40-28(38)41-21-10-7-6-8-11-21)16-20(13-14-30)23-18(2)32-26(42-23)33-27(37)34-15-9-12-22(34)24(31)35/h13-14,16,19,21-22H,1,6-12,15,30H2,2-5H3,(H2,31,35)(H,32,33,37)/b14-13-,20-16+/t19?,22-/m0/s1. The molecular weight excluding hydrogens is 562 g/mol. The Balaban J connectivity index is 1.67. The Bertz CT molecular complexity index is 1250. The average Bonchev–Trinajstić information content (AvgIpc) is 3.55. The number of aryl methyl sites for hydroxylation is 1. The number of urea groups is 1. The number of primary amides is 1. The molecule has 0 bridgehead atoms. The predicted octanol–water partition coefficient (Wildman–Crippen LogP) is 4.75. The van der Waals surface area contributed by atoms with Crippen molar-refractivity contribution in [2.24, 2.45) is 16.9 Å². The fourth-order valence-electron chi connectivity index (χ4n) is 4.78. The molecule has 1 saturated heterocycles. The summed E-state index contributed by atoms with van der Waals surface area (Å²) in [6, 6.07) is -1.11. The summed E-state index contributed by atoms with van der Waals surface area (Å²) < 4.78 is 15.9. The number of nitrogens with two attached hydrogens (primary N) is 2. The molecule has 1 unspecified atom stereocenters. The van der Waals surface area contributed by atoms with E-state index >= 15 is 0 Å². The maximum absolute atomic E-state index is 13.1. The van der Waals surface area contributed by atoms with Crippen LogP contribution in [0.15, 0.2) is 30.5 Å². The van der Waals surface area contributed by atoms with Crippen LogP contribution in [0.1, 0.15) is 76.3 Å². The largest absolute Gasteiger partial charge is 0.511 e. The topological polar surface area (TPSA) is 176 Å². The molecule has 2 heterocycles. The van der Waals surface area contributed by atoms with Crippen molar-refractivity contribution in [2.45, 2.75) is 91.1 Å². The van der Waals surface area contributed by atoms with E-state index in [1.165, 1.54) is 29.4 Å². The van der Waals surface area contributed by atoms with Gasteiger partial charge in [0, 0.05) is 13.5 Å². The summed E-state index contributed by atoms with van der Waals surface area (Å²) in [5.74, 6) is -1.20. The zero-order valence-corrected chi connectivity index (χ0v) is 25.5. The lowest BCUT2D eigenvalue weighted by atomic mass is 9.84. The van der Waals surface area contributed by atoms with Gasteiger partial charge < -0.3 is 30.6 Å². The molecule has 1 saturated carbocycles. The van der Waals surface area contributed by atoms with Crippen molar-refractivity contribution in [1.29, 1.82) is 0 Å². The van der Waals surface area contributed by atoms with Crippen LogP contribution in [-0.4, -0.2) is 58.9 Å². The second-order valence-electron chi connectivity index (χ2n) is 10.9. The normalized spacial score (nSPS) is 18.9. The van der Waals surface area contributed by atoms with Gasteiger partial charge in [-0.25, -0.2) is 14.6 Å². The van der Waals surface area contributed by atoms with E-state index in [4.69, 9.17) is 25.7 Å². The van der Waals surface area contributed by atoms with Crippen LogP contribution < -0.4 is 16.8 Å². The highest BCUT2D eigenvalue weighted by Gasteiger charge is 2.35. The molecule has 2 aliphatic rings. The van der Waals surface area contributed by atoms with E-state index in [1.54, 1.807) is 32.9 Å². The van der Waals surface area contributed by atoms with Crippen LogP contribution in [0.4, 0.5) is 14.7 Å². The monoisotopic (exact) mass is 603 g/mol. The second kappa shape index (κ2) is 14.3. The van der Waals surface area contributed by atoms with Crippen LogP contribution in [0.5, 0.6) is 0 Å². The summed E-state index contributed by atoms with van der Waals surface area (Å²) in [6.07, 6.45) is 8.38. The van der Waals surface area contributed by atoms with Crippen molar-refractivity contribution >= 4 is 46.1 Å². The maximum Gasteiger partial charge on any atom is 0.511 e. The predicted molar refractivity (Wildman–Crippen MR) is 159 cm³/mol. The molecule has 0 radical (unpaired) electrons. The van der Waals surface area contributed by atoms with Gasteiger partial charge >= 0.3 is 18.2 Å². The van der Waals surface area contributed by atoms with Crippen molar-refractivity contribution in [2.75, 3.05) is 11.9 Å². The minimum Gasteiger partial charge on any atom is -0.431 e. The molecule has 230 valence electrons. The molecule has 1 aromatic heterocycles. The molecular formula is C29H41N5O7S. The molecule has 12 nitrogen and oxygen atoms in total. The van der Waals surface area contributed by atoms with E-state index < -0.39 is 41.8 Å². The Morgan fingerprint density at radius 3 is 2.48 bits per heavy atom. The number of ether oxygens (including phenoxy) is 3. The van der Waals surface area contributed by atoms with Crippen LogP contribution in [0, 0.1) is 12.3 Å². The van der Waals surface area contributed by atoms with Gasteiger partial charge in [-0.2, -0.15) is 0 Å². The number of likely N-dealkylation sites (tertiary alicyclic amines) is 1. The van der Waals surface area contributed by atoms with E-state index in [1.807, 2.05) is 0 Å². The van der Waals surface area contributed by atoms with Crippen LogP contribution in [0.3, 0.4) is 0 Å². The van der Waals surface area contributed by atoms with Crippen molar-refractivity contribution in [1.82, 2.24) is 9.88 Å². The first-order valence-electron chi connectivity index (χ1n) is 14.1. The number of nitrogens with one attached hydrogen (secondary N) is 1. The van der Waals surface area contributed by atoms with Gasteiger partial charge in [-0.3, -0.25) is 14.9 Å². The number of hydrogen-bond acceptors (Lipinski definition) is 10. The van der Waals surface area contributed by atoms with Crippen molar-refractivity contribution < 1.29 is 33.4 Å². The van der Waals surface area contributed by atoms with E-state index in [0.717, 1.165) is 32.1 Å². The Labute approximate surface area is 250 Å². The fourth-order valence-corrected chi connectivity index (χ4v) is 5.74. The van der Waals surface area contributed by atoms with Crippen molar-refractivity contribution in [3.8, 4) is 0 Å². The number of thiazole rings is 1. The first kappa shape index (κ1) is 32.6. The van der Waals surface area contributed by atoms with Crippen molar-refractivity contribution in [3.63, 3.8) is 0 Å². The number of aromatic nitrogens is 1. The smallest absolute Gasteiger partial charge is 0.431 e. The van der Waals surface area contributed by atoms with Gasteiger partial charge in [0.15, 0.2) is 5.13 Å². The van der Waals surface area contributed by atoms with Gasteiger partial charge in [0.1, 0.15) is 12.1 Å². The average molecular weight is 604 g/mol. The fraction of sp³-hybridized carbons (Fsp3) is 0.552. The third kappa shape index (κ3) is 8.34. The van der Waals surface area contributed by atoms with Crippen LogP contribution >= 0.6 is 11.3 Å². The summed E-state index contributed by atoms with van der Waals surface area (Å²) in [5.41, 5.74) is 11.6. The Hall–Kier alpha value is -3.87. The Morgan fingerprint density at radius 2 is 1.83 bits per heavy atom. The maximum atomic E-state index is 13.1. The number of rotatable bonds is 10. The van der Waals surface area contributed by atoms with Crippen LogP contribution in [-0.2, 0) is 23.8 Å². The first-order valence-corrected chi connectivity index (χ1v) is 14.9. The first-order chi connectivity index (χ1) is 19.8. The zero-order valence-electron chi connectivity index (χ0n) is 24.6. The third-order valence-corrected chi connectivity index (χ3v) is 8.51. The molecule has 5 N–H and O–H groups in total. The minimum atomic E-state index is -1.20. The third-order valence-electron chi connectivity index (χ3n) is 7.38. The number of amides is 3. The molecule has 42 heavy (non-hydrogen) atoms. The Kier molecular flexibility index (Phi) is 11.1. The number of nitrogens with zero attached hydrogens (tertiary/aromatic N) is 2. The summed E-state index contributed by atoms with van der Waals surface area (Å²) in [7, 11) is 0. The molecule has 3 rings (SSSR count). The highest BCUT2D eigenvalue weighted by Crippen LogP contribution is 2.35. The Morgan fingerprint density at radius 1 is 1.14 bits per heavy atom. The van der Waals surface area contributed by atoms with Gasteiger partial charge in [0.2, 0.25) is 12.2 Å². The molecule has 3 amide bonds. The van der Waals surface area contributed by atoms with Gasteiger partial charge in [0.25, 0.3) is 0 Å². The summed E-state index contributed by atoms with van der Waals surface area (Å²) in [5, 5.41) is 3.08. The van der Waals surface area contributed by atoms with Gasteiger partial charge in [-0.05, 0) is 88.8 Å². The molecule has 0 aromatic carbocycles. The molecule has 2 fully saturated rings. The SMILES string of the molecule is C=C(/C=C(\C=C/N)c1sc(NC(=O)N2CCC[C@H]2C(N)=O)nc1C)C(C)(C)C(=O)OC(C)OC(=O)OC1CCCCC1. The molecule has 13 heteroatoms. The van der Waals surface area contributed by atoms with E-state index in [2.05, 4.69) is 16.9 Å². The lowest BCUT2D eigenvalue weighted by molar-refractivity contribution is -0.177. The summed E-state index contributed by atoms with van der Waals surface area (Å²) in [4.78, 5) is 56.3. The number of anilines is 1. The molecule has 1 aliphatic heterocycles. The second-order valence-corrected chi connectivity index (χ2v) is 11.9. The lowest BCUT2D eigenvalue weighted by Crippen LogP contribution is -2.45. The van der Waals surface area contributed by atoms with Crippen LogP contribution in [0.25, 0.3) is 5.57 Å².